The number of benzene rings is 4. The lowest BCUT2D eigenvalue weighted by Crippen LogP contribution is -1.90. The lowest BCUT2D eigenvalue weighted by Gasteiger charge is -2.04. The molecule has 0 unspecified atom stereocenters. The summed E-state index contributed by atoms with van der Waals surface area (Å²) in [6.07, 6.45) is 0. The maximum atomic E-state index is 13.6. The van der Waals surface area contributed by atoms with Gasteiger partial charge < -0.3 is 0 Å². The minimum atomic E-state index is -0.486. The molecule has 27 heavy (non-hydrogen) atoms. The molecule has 138 valence electrons. The fourth-order valence-corrected chi connectivity index (χ4v) is 3.07. The summed E-state index contributed by atoms with van der Waals surface area (Å²) in [5, 5.41) is 2.79. The van der Waals surface area contributed by atoms with Crippen LogP contribution in [0.1, 0.15) is 22.3 Å². The zero-order chi connectivity index (χ0) is 19.7. The second kappa shape index (κ2) is 7.43. The van der Waals surface area contributed by atoms with Crippen molar-refractivity contribution in [3.8, 4) is 0 Å². The summed E-state index contributed by atoms with van der Waals surface area (Å²) in [5.41, 5.74) is 2.95. The van der Waals surface area contributed by atoms with Gasteiger partial charge in [0.15, 0.2) is 0 Å². The standard InChI is InChI=1S/C12H10F2.C12H11F/c1-7-3-4-10-9(5-7)6-11(13)8(2)12(10)14;1-8-3-6-11-10(7-8)5-4-9(2)12(11)13/h3-6H,1-2H3;3-7H,1-2H3. The second-order valence-corrected chi connectivity index (χ2v) is 6.94. The van der Waals surface area contributed by atoms with E-state index < -0.39 is 11.6 Å². The van der Waals surface area contributed by atoms with Crippen LogP contribution in [-0.2, 0) is 0 Å². The highest BCUT2D eigenvalue weighted by atomic mass is 19.1. The lowest BCUT2D eigenvalue weighted by atomic mass is 10.0. The van der Waals surface area contributed by atoms with Gasteiger partial charge in [0.1, 0.15) is 17.5 Å². The fourth-order valence-electron chi connectivity index (χ4n) is 3.07. The molecule has 0 aromatic heterocycles. The second-order valence-electron chi connectivity index (χ2n) is 6.94. The highest BCUT2D eigenvalue weighted by Crippen LogP contribution is 2.24. The van der Waals surface area contributed by atoms with Crippen LogP contribution in [0.5, 0.6) is 0 Å². The summed E-state index contributed by atoms with van der Waals surface area (Å²) in [4.78, 5) is 0. The van der Waals surface area contributed by atoms with E-state index in [4.69, 9.17) is 0 Å². The Morgan fingerprint density at radius 3 is 1.74 bits per heavy atom. The SMILES string of the molecule is Cc1ccc2c(F)c(C)c(F)cc2c1.Cc1ccc2c(F)c(C)ccc2c1. The minimum Gasteiger partial charge on any atom is -0.207 e. The molecule has 0 nitrogen and oxygen atoms in total. The largest absolute Gasteiger partial charge is 0.207 e. The van der Waals surface area contributed by atoms with Gasteiger partial charge in [-0.2, -0.15) is 0 Å². The van der Waals surface area contributed by atoms with Crippen LogP contribution in [0.15, 0.2) is 54.6 Å². The van der Waals surface area contributed by atoms with Crippen molar-refractivity contribution >= 4 is 21.5 Å². The van der Waals surface area contributed by atoms with Crippen LogP contribution in [0.25, 0.3) is 21.5 Å². The first-order valence-corrected chi connectivity index (χ1v) is 8.78. The quantitative estimate of drug-likeness (QED) is 0.306. The third-order valence-corrected chi connectivity index (χ3v) is 4.72. The van der Waals surface area contributed by atoms with Gasteiger partial charge in [0.05, 0.1) is 0 Å². The number of fused-ring (bicyclic) bond motifs is 2. The molecular formula is C24H21F3. The van der Waals surface area contributed by atoms with Crippen LogP contribution in [0.2, 0.25) is 0 Å². The highest BCUT2D eigenvalue weighted by molar-refractivity contribution is 5.85. The van der Waals surface area contributed by atoms with Crippen molar-refractivity contribution in [3.63, 3.8) is 0 Å². The number of rotatable bonds is 0. The number of halogens is 3. The molecule has 0 saturated carbocycles. The van der Waals surface area contributed by atoms with Crippen molar-refractivity contribution in [2.75, 3.05) is 0 Å². The molecule has 0 saturated heterocycles. The molecule has 0 amide bonds. The molecule has 0 aliphatic rings. The van der Waals surface area contributed by atoms with Gasteiger partial charge in [-0.1, -0.05) is 59.7 Å². The van der Waals surface area contributed by atoms with E-state index in [0.29, 0.717) is 21.7 Å². The molecule has 0 bridgehead atoms. The predicted octanol–water partition coefficient (Wildman–Crippen LogP) is 7.33. The first kappa shape index (κ1) is 19.0. The zero-order valence-corrected chi connectivity index (χ0v) is 15.8. The number of hydrogen-bond acceptors (Lipinski definition) is 0. The van der Waals surface area contributed by atoms with Gasteiger partial charge in [0, 0.05) is 16.3 Å². The van der Waals surface area contributed by atoms with Crippen molar-refractivity contribution in [2.24, 2.45) is 0 Å². The van der Waals surface area contributed by atoms with E-state index in [1.165, 1.54) is 13.0 Å². The molecule has 0 spiro atoms. The van der Waals surface area contributed by atoms with Crippen LogP contribution < -0.4 is 0 Å². The van der Waals surface area contributed by atoms with E-state index in [9.17, 15) is 13.2 Å². The molecule has 4 aromatic carbocycles. The van der Waals surface area contributed by atoms with Gasteiger partial charge in [-0.05, 0) is 50.1 Å². The van der Waals surface area contributed by atoms with Gasteiger partial charge in [0.2, 0.25) is 0 Å². The molecule has 4 aromatic rings. The van der Waals surface area contributed by atoms with Gasteiger partial charge in [-0.15, -0.1) is 0 Å². The summed E-state index contributed by atoms with van der Waals surface area (Å²) in [6.45, 7) is 7.14. The summed E-state index contributed by atoms with van der Waals surface area (Å²) < 4.78 is 40.3. The zero-order valence-electron chi connectivity index (χ0n) is 15.8. The van der Waals surface area contributed by atoms with E-state index in [-0.39, 0.29) is 11.4 Å². The van der Waals surface area contributed by atoms with Gasteiger partial charge >= 0.3 is 0 Å². The van der Waals surface area contributed by atoms with Crippen LogP contribution >= 0.6 is 0 Å². The van der Waals surface area contributed by atoms with E-state index in [0.717, 1.165) is 16.5 Å². The smallest absolute Gasteiger partial charge is 0.136 e. The van der Waals surface area contributed by atoms with Crippen LogP contribution in [0.3, 0.4) is 0 Å². The summed E-state index contributed by atoms with van der Waals surface area (Å²) in [6, 6.07) is 16.2. The van der Waals surface area contributed by atoms with Crippen LogP contribution in [-0.4, -0.2) is 0 Å². The predicted molar refractivity (Wildman–Crippen MR) is 107 cm³/mol. The Morgan fingerprint density at radius 1 is 0.556 bits per heavy atom. The highest BCUT2D eigenvalue weighted by Gasteiger charge is 2.09. The molecule has 0 aliphatic carbocycles. The molecule has 0 radical (unpaired) electrons. The Morgan fingerprint density at radius 2 is 1.11 bits per heavy atom. The first-order chi connectivity index (χ1) is 12.8. The molecule has 0 N–H and O–H groups in total. The fraction of sp³-hybridized carbons (Fsp3) is 0.167. The van der Waals surface area contributed by atoms with Crippen molar-refractivity contribution < 1.29 is 13.2 Å². The Hall–Kier alpha value is -2.81. The van der Waals surface area contributed by atoms with E-state index in [2.05, 4.69) is 0 Å². The normalized spacial score (nSPS) is 10.8. The Balaban J connectivity index is 0.000000156. The Kier molecular flexibility index (Phi) is 5.22. The molecule has 0 fully saturated rings. The lowest BCUT2D eigenvalue weighted by molar-refractivity contribution is 0.577. The molecule has 4 rings (SSSR count). The maximum absolute atomic E-state index is 13.6. The maximum Gasteiger partial charge on any atom is 0.136 e. The van der Waals surface area contributed by atoms with Gasteiger partial charge in [0.25, 0.3) is 0 Å². The summed E-state index contributed by atoms with van der Waals surface area (Å²) in [5.74, 6) is -1.04. The summed E-state index contributed by atoms with van der Waals surface area (Å²) >= 11 is 0. The van der Waals surface area contributed by atoms with Gasteiger partial charge in [-0.25, -0.2) is 13.2 Å². The molecular weight excluding hydrogens is 345 g/mol. The van der Waals surface area contributed by atoms with Crippen LogP contribution in [0.4, 0.5) is 13.2 Å². The Labute approximate surface area is 157 Å². The Bertz CT molecular complexity index is 1140. The third-order valence-electron chi connectivity index (χ3n) is 4.72. The van der Waals surface area contributed by atoms with Gasteiger partial charge in [-0.3, -0.25) is 0 Å². The van der Waals surface area contributed by atoms with E-state index >= 15 is 0 Å². The van der Waals surface area contributed by atoms with Crippen molar-refractivity contribution in [1.82, 2.24) is 0 Å². The van der Waals surface area contributed by atoms with E-state index in [1.807, 2.05) is 50.2 Å². The molecule has 0 aliphatic heterocycles. The van der Waals surface area contributed by atoms with Crippen molar-refractivity contribution in [1.29, 1.82) is 0 Å². The number of aryl methyl sites for hydroxylation is 3. The van der Waals surface area contributed by atoms with E-state index in [1.54, 1.807) is 19.1 Å². The monoisotopic (exact) mass is 366 g/mol. The number of hydrogen-bond donors (Lipinski definition) is 0. The topological polar surface area (TPSA) is 0 Å². The first-order valence-electron chi connectivity index (χ1n) is 8.78. The average Bonchev–Trinajstić information content (AvgIpc) is 2.63. The van der Waals surface area contributed by atoms with Crippen LogP contribution in [0, 0.1) is 45.1 Å². The average molecular weight is 366 g/mol. The molecule has 3 heteroatoms. The van der Waals surface area contributed by atoms with Crippen molar-refractivity contribution in [2.45, 2.75) is 27.7 Å². The van der Waals surface area contributed by atoms with Crippen molar-refractivity contribution in [3.05, 3.63) is 94.3 Å². The summed E-state index contributed by atoms with van der Waals surface area (Å²) in [7, 11) is 0. The molecule has 0 atom stereocenters. The minimum absolute atomic E-state index is 0.0846. The molecule has 0 heterocycles. The third kappa shape index (κ3) is 3.82.